The maximum Gasteiger partial charge on any atom is 0.129 e. The van der Waals surface area contributed by atoms with Crippen molar-refractivity contribution in [1.82, 2.24) is 4.90 Å². The lowest BCUT2D eigenvalue weighted by Gasteiger charge is -2.26. The van der Waals surface area contributed by atoms with Crippen LogP contribution in [0.4, 0.5) is 10.1 Å². The molecule has 2 rings (SSSR count). The van der Waals surface area contributed by atoms with Crippen molar-refractivity contribution in [2.75, 3.05) is 5.73 Å². The van der Waals surface area contributed by atoms with Crippen molar-refractivity contribution < 1.29 is 4.39 Å². The molecule has 4 heteroatoms. The third-order valence-electron chi connectivity index (χ3n) is 3.12. The molecule has 1 aromatic heterocycles. The number of rotatable bonds is 5. The van der Waals surface area contributed by atoms with Crippen molar-refractivity contribution >= 4 is 17.0 Å². The Labute approximate surface area is 117 Å². The average molecular weight is 278 g/mol. The number of nitrogens with zero attached hydrogens (tertiary/aromatic N) is 1. The van der Waals surface area contributed by atoms with Crippen LogP contribution in [-0.2, 0) is 13.1 Å². The highest BCUT2D eigenvalue weighted by atomic mass is 32.1. The molecule has 2 nitrogen and oxygen atoms in total. The highest BCUT2D eigenvalue weighted by molar-refractivity contribution is 7.09. The molecule has 0 saturated carbocycles. The monoisotopic (exact) mass is 278 g/mol. The minimum absolute atomic E-state index is 0.225. The molecule has 2 aromatic rings. The molecule has 0 fully saturated rings. The fourth-order valence-electron chi connectivity index (χ4n) is 1.93. The van der Waals surface area contributed by atoms with Gasteiger partial charge in [0.2, 0.25) is 0 Å². The van der Waals surface area contributed by atoms with Crippen LogP contribution < -0.4 is 5.73 Å². The summed E-state index contributed by atoms with van der Waals surface area (Å²) in [6, 6.07) is 9.43. The van der Waals surface area contributed by atoms with E-state index in [1.807, 2.05) is 6.07 Å². The summed E-state index contributed by atoms with van der Waals surface area (Å²) in [4.78, 5) is 3.55. The molecule has 0 amide bonds. The Hall–Kier alpha value is -1.39. The van der Waals surface area contributed by atoms with Gasteiger partial charge in [-0.25, -0.2) is 4.39 Å². The van der Waals surface area contributed by atoms with Crippen molar-refractivity contribution in [3.05, 3.63) is 52.0 Å². The molecule has 102 valence electrons. The Morgan fingerprint density at radius 1 is 1.26 bits per heavy atom. The largest absolute Gasteiger partial charge is 0.399 e. The van der Waals surface area contributed by atoms with Crippen LogP contribution in [0, 0.1) is 5.82 Å². The van der Waals surface area contributed by atoms with Gasteiger partial charge in [0, 0.05) is 35.3 Å². The van der Waals surface area contributed by atoms with E-state index in [1.165, 1.54) is 10.9 Å². The second-order valence-corrected chi connectivity index (χ2v) is 5.96. The van der Waals surface area contributed by atoms with E-state index in [-0.39, 0.29) is 5.82 Å². The fraction of sp³-hybridized carbons (Fsp3) is 0.333. The third-order valence-corrected chi connectivity index (χ3v) is 3.98. The predicted molar refractivity (Wildman–Crippen MR) is 79.5 cm³/mol. The SMILES string of the molecule is CC(C)N(Cc1cccs1)Cc1ccc(N)cc1F. The van der Waals surface area contributed by atoms with E-state index < -0.39 is 0 Å². The molecule has 0 aliphatic rings. The highest BCUT2D eigenvalue weighted by Gasteiger charge is 2.14. The van der Waals surface area contributed by atoms with Gasteiger partial charge in [-0.2, -0.15) is 0 Å². The Morgan fingerprint density at radius 3 is 2.63 bits per heavy atom. The van der Waals surface area contributed by atoms with Gasteiger partial charge in [-0.3, -0.25) is 4.90 Å². The lowest BCUT2D eigenvalue weighted by molar-refractivity contribution is 0.203. The summed E-state index contributed by atoms with van der Waals surface area (Å²) < 4.78 is 13.8. The fourth-order valence-corrected chi connectivity index (χ4v) is 2.66. The molecule has 0 radical (unpaired) electrons. The number of thiophene rings is 1. The summed E-state index contributed by atoms with van der Waals surface area (Å²) in [5.74, 6) is -0.225. The number of hydrogen-bond acceptors (Lipinski definition) is 3. The summed E-state index contributed by atoms with van der Waals surface area (Å²) in [5.41, 5.74) is 6.74. The molecular weight excluding hydrogens is 259 g/mol. The molecule has 0 spiro atoms. The topological polar surface area (TPSA) is 29.3 Å². The number of benzene rings is 1. The number of nitrogen functional groups attached to an aromatic ring is 1. The zero-order valence-corrected chi connectivity index (χ0v) is 12.1. The normalized spacial score (nSPS) is 11.4. The zero-order chi connectivity index (χ0) is 13.8. The van der Waals surface area contributed by atoms with E-state index in [0.29, 0.717) is 23.8 Å². The van der Waals surface area contributed by atoms with Crippen LogP contribution in [0.1, 0.15) is 24.3 Å². The number of halogens is 1. The maximum absolute atomic E-state index is 13.8. The summed E-state index contributed by atoms with van der Waals surface area (Å²) in [6.45, 7) is 5.70. The first-order valence-electron chi connectivity index (χ1n) is 6.36. The van der Waals surface area contributed by atoms with Crippen LogP contribution in [0.15, 0.2) is 35.7 Å². The second kappa shape index (κ2) is 6.17. The van der Waals surface area contributed by atoms with Crippen molar-refractivity contribution in [1.29, 1.82) is 0 Å². The van der Waals surface area contributed by atoms with Gasteiger partial charge in [-0.15, -0.1) is 11.3 Å². The van der Waals surface area contributed by atoms with Crippen LogP contribution in [0.3, 0.4) is 0 Å². The minimum atomic E-state index is -0.225. The molecule has 19 heavy (non-hydrogen) atoms. The molecule has 0 atom stereocenters. The van der Waals surface area contributed by atoms with Crippen molar-refractivity contribution in [3.63, 3.8) is 0 Å². The number of nitrogens with two attached hydrogens (primary N) is 1. The first kappa shape index (κ1) is 14.0. The Morgan fingerprint density at radius 2 is 2.05 bits per heavy atom. The van der Waals surface area contributed by atoms with Crippen molar-refractivity contribution in [2.45, 2.75) is 33.0 Å². The van der Waals surface area contributed by atoms with Gasteiger partial charge in [0.25, 0.3) is 0 Å². The van der Waals surface area contributed by atoms with Gasteiger partial charge in [0.05, 0.1) is 0 Å². The maximum atomic E-state index is 13.8. The van der Waals surface area contributed by atoms with Gasteiger partial charge in [-0.1, -0.05) is 12.1 Å². The minimum Gasteiger partial charge on any atom is -0.399 e. The lowest BCUT2D eigenvalue weighted by atomic mass is 10.1. The molecular formula is C15H19FN2S. The standard InChI is InChI=1S/C15H19FN2S/c1-11(2)18(10-14-4-3-7-19-14)9-12-5-6-13(17)8-15(12)16/h3-8,11H,9-10,17H2,1-2H3. The van der Waals surface area contributed by atoms with E-state index in [4.69, 9.17) is 5.73 Å². The van der Waals surface area contributed by atoms with Gasteiger partial charge < -0.3 is 5.73 Å². The second-order valence-electron chi connectivity index (χ2n) is 4.93. The predicted octanol–water partition coefficient (Wildman–Crippen LogP) is 3.88. The first-order valence-corrected chi connectivity index (χ1v) is 7.24. The molecule has 0 aliphatic carbocycles. The van der Waals surface area contributed by atoms with Crippen LogP contribution in [-0.4, -0.2) is 10.9 Å². The Balaban J connectivity index is 2.12. The van der Waals surface area contributed by atoms with Gasteiger partial charge >= 0.3 is 0 Å². The summed E-state index contributed by atoms with van der Waals surface area (Å²) in [5, 5.41) is 2.07. The highest BCUT2D eigenvalue weighted by Crippen LogP contribution is 2.19. The smallest absolute Gasteiger partial charge is 0.129 e. The number of anilines is 1. The van der Waals surface area contributed by atoms with Crippen LogP contribution in [0.25, 0.3) is 0 Å². The average Bonchev–Trinajstić information content (AvgIpc) is 2.84. The van der Waals surface area contributed by atoms with Crippen LogP contribution >= 0.6 is 11.3 Å². The van der Waals surface area contributed by atoms with Gasteiger partial charge in [-0.05, 0) is 37.4 Å². The molecule has 2 N–H and O–H groups in total. The van der Waals surface area contributed by atoms with E-state index in [0.717, 1.165) is 6.54 Å². The molecule has 0 saturated heterocycles. The lowest BCUT2D eigenvalue weighted by Crippen LogP contribution is -2.29. The zero-order valence-electron chi connectivity index (χ0n) is 11.3. The molecule has 0 bridgehead atoms. The summed E-state index contributed by atoms with van der Waals surface area (Å²) in [6.07, 6.45) is 0. The van der Waals surface area contributed by atoms with E-state index in [2.05, 4.69) is 30.2 Å². The quantitative estimate of drug-likeness (QED) is 0.841. The number of hydrogen-bond donors (Lipinski definition) is 1. The summed E-state index contributed by atoms with van der Waals surface area (Å²) in [7, 11) is 0. The molecule has 0 aliphatic heterocycles. The van der Waals surface area contributed by atoms with E-state index >= 15 is 0 Å². The molecule has 1 heterocycles. The van der Waals surface area contributed by atoms with Crippen LogP contribution in [0.2, 0.25) is 0 Å². The Bertz CT molecular complexity index is 523. The molecule has 1 aromatic carbocycles. The van der Waals surface area contributed by atoms with Crippen molar-refractivity contribution in [3.8, 4) is 0 Å². The summed E-state index contributed by atoms with van der Waals surface area (Å²) >= 11 is 1.73. The van der Waals surface area contributed by atoms with E-state index in [9.17, 15) is 4.39 Å². The molecule has 0 unspecified atom stereocenters. The first-order chi connectivity index (χ1) is 9.06. The van der Waals surface area contributed by atoms with Gasteiger partial charge in [0.15, 0.2) is 0 Å². The van der Waals surface area contributed by atoms with E-state index in [1.54, 1.807) is 23.5 Å². The van der Waals surface area contributed by atoms with Crippen molar-refractivity contribution in [2.24, 2.45) is 0 Å². The Kier molecular flexibility index (Phi) is 4.56. The van der Waals surface area contributed by atoms with Crippen LogP contribution in [0.5, 0.6) is 0 Å². The van der Waals surface area contributed by atoms with Gasteiger partial charge in [0.1, 0.15) is 5.82 Å². The third kappa shape index (κ3) is 3.78.